The molecule has 1 aliphatic rings. The summed E-state index contributed by atoms with van der Waals surface area (Å²) < 4.78 is 10.3. The van der Waals surface area contributed by atoms with Crippen molar-refractivity contribution >= 4 is 64.2 Å². The molecule has 3 rings (SSSR count). The van der Waals surface area contributed by atoms with Gasteiger partial charge in [-0.3, -0.25) is 14.5 Å². The van der Waals surface area contributed by atoms with Crippen LogP contribution in [0, 0.1) is 12.3 Å². The van der Waals surface area contributed by atoms with Crippen molar-refractivity contribution in [2.75, 3.05) is 25.2 Å². The van der Waals surface area contributed by atoms with Gasteiger partial charge in [-0.15, -0.1) is 6.42 Å². The van der Waals surface area contributed by atoms with Crippen LogP contribution in [0.2, 0.25) is 10.0 Å². The topological polar surface area (TPSA) is 59.1 Å². The zero-order valence-electron chi connectivity index (χ0n) is 16.3. The number of hydrogen-bond acceptors (Lipinski definition) is 5. The summed E-state index contributed by atoms with van der Waals surface area (Å²) >= 11 is 17.6. The zero-order valence-corrected chi connectivity index (χ0v) is 18.6. The van der Waals surface area contributed by atoms with E-state index in [1.807, 2.05) is 0 Å². The molecule has 0 aliphatic carbocycles. The molecule has 158 valence electrons. The fourth-order valence-corrected chi connectivity index (χ4v) is 3.53. The van der Waals surface area contributed by atoms with Gasteiger partial charge in [0.25, 0.3) is 5.91 Å². The molecule has 2 aromatic carbocycles. The lowest BCUT2D eigenvalue weighted by molar-refractivity contribution is -0.140. The minimum atomic E-state index is -0.561. The van der Waals surface area contributed by atoms with Crippen molar-refractivity contribution in [1.82, 2.24) is 4.90 Å². The van der Waals surface area contributed by atoms with Crippen molar-refractivity contribution in [2.45, 2.75) is 0 Å². The van der Waals surface area contributed by atoms with Crippen LogP contribution in [-0.2, 0) is 14.3 Å². The number of carbonyl (C=O) groups is 2. The van der Waals surface area contributed by atoms with Crippen LogP contribution < -0.4 is 9.64 Å². The predicted octanol–water partition coefficient (Wildman–Crippen LogP) is 4.15. The number of thiocarbonyl (C=S) groups is 1. The molecule has 1 saturated heterocycles. The molecular formula is C22H16Cl2N2O4S. The maximum atomic E-state index is 13.3. The Kier molecular flexibility index (Phi) is 7.18. The summed E-state index contributed by atoms with van der Waals surface area (Å²) in [4.78, 5) is 28.0. The number of rotatable bonds is 6. The Morgan fingerprint density at radius 1 is 1.19 bits per heavy atom. The minimum Gasteiger partial charge on any atom is -0.480 e. The highest BCUT2D eigenvalue weighted by atomic mass is 35.5. The SMILES string of the molecule is C#CCOc1ccc(Cl)cc1/C=C1/C(=O)N(c2ccc(Cl)cc2)C(=S)N1CC(=O)OC. The number of methoxy groups -OCH3 is 1. The van der Waals surface area contributed by atoms with Crippen molar-refractivity contribution in [3.63, 3.8) is 0 Å². The Balaban J connectivity index is 2.09. The van der Waals surface area contributed by atoms with E-state index in [0.29, 0.717) is 27.0 Å². The van der Waals surface area contributed by atoms with E-state index in [4.69, 9.17) is 51.3 Å². The third-order valence-electron chi connectivity index (χ3n) is 4.31. The highest BCUT2D eigenvalue weighted by molar-refractivity contribution is 7.80. The van der Waals surface area contributed by atoms with Gasteiger partial charge >= 0.3 is 5.97 Å². The molecule has 0 spiro atoms. The third-order valence-corrected chi connectivity index (χ3v) is 5.20. The van der Waals surface area contributed by atoms with Crippen LogP contribution in [0.15, 0.2) is 48.2 Å². The first-order valence-corrected chi connectivity index (χ1v) is 10.1. The summed E-state index contributed by atoms with van der Waals surface area (Å²) in [6.07, 6.45) is 6.83. The largest absolute Gasteiger partial charge is 0.480 e. The lowest BCUT2D eigenvalue weighted by atomic mass is 10.1. The highest BCUT2D eigenvalue weighted by Crippen LogP contribution is 2.32. The van der Waals surface area contributed by atoms with E-state index >= 15 is 0 Å². The van der Waals surface area contributed by atoms with Crippen molar-refractivity contribution in [3.8, 4) is 18.1 Å². The van der Waals surface area contributed by atoms with Gasteiger partial charge in [0.15, 0.2) is 5.11 Å². The standard InChI is InChI=1S/C22H16Cl2N2O4S/c1-3-10-30-19-9-6-16(24)11-14(19)12-18-21(28)26(17-7-4-15(23)5-8-17)22(31)25(18)13-20(27)29-2/h1,4-9,11-12H,10,13H2,2H3/b18-12-. The van der Waals surface area contributed by atoms with E-state index in [0.717, 1.165) is 0 Å². The average molecular weight is 475 g/mol. The van der Waals surface area contributed by atoms with Crippen LogP contribution in [0.3, 0.4) is 0 Å². The highest BCUT2D eigenvalue weighted by Gasteiger charge is 2.40. The van der Waals surface area contributed by atoms with E-state index in [1.165, 1.54) is 16.9 Å². The maximum Gasteiger partial charge on any atom is 0.325 e. The normalized spacial score (nSPS) is 14.7. The van der Waals surface area contributed by atoms with Crippen molar-refractivity contribution in [3.05, 3.63) is 63.8 Å². The minimum absolute atomic E-state index is 0.0347. The molecule has 1 aliphatic heterocycles. The van der Waals surface area contributed by atoms with E-state index < -0.39 is 11.9 Å². The number of benzene rings is 2. The average Bonchev–Trinajstić information content (AvgIpc) is 2.98. The molecule has 0 radical (unpaired) electrons. The lowest BCUT2D eigenvalue weighted by Crippen LogP contribution is -2.35. The monoisotopic (exact) mass is 474 g/mol. The summed E-state index contributed by atoms with van der Waals surface area (Å²) in [6, 6.07) is 11.5. The second kappa shape index (κ2) is 9.84. The second-order valence-electron chi connectivity index (χ2n) is 6.27. The van der Waals surface area contributed by atoms with Gasteiger partial charge in [-0.25, -0.2) is 0 Å². The molecule has 9 heteroatoms. The van der Waals surface area contributed by atoms with Gasteiger partial charge in [0.05, 0.1) is 12.8 Å². The lowest BCUT2D eigenvalue weighted by Gasteiger charge is -2.19. The summed E-state index contributed by atoms with van der Waals surface area (Å²) in [5.74, 6) is 1.82. The second-order valence-corrected chi connectivity index (χ2v) is 7.50. The van der Waals surface area contributed by atoms with Crippen molar-refractivity contribution in [2.24, 2.45) is 0 Å². The number of ether oxygens (including phenoxy) is 2. The summed E-state index contributed by atoms with van der Waals surface area (Å²) in [6.45, 7) is -0.217. The Morgan fingerprint density at radius 2 is 1.87 bits per heavy atom. The van der Waals surface area contributed by atoms with Crippen LogP contribution in [0.1, 0.15) is 5.56 Å². The number of hydrogen-bond donors (Lipinski definition) is 0. The molecule has 1 fully saturated rings. The molecule has 2 aromatic rings. The van der Waals surface area contributed by atoms with Gasteiger partial charge in [-0.2, -0.15) is 0 Å². The Bertz CT molecular complexity index is 1110. The number of esters is 1. The molecule has 0 unspecified atom stereocenters. The molecule has 1 heterocycles. The van der Waals surface area contributed by atoms with Crippen LogP contribution in [-0.4, -0.2) is 42.2 Å². The van der Waals surface area contributed by atoms with Gasteiger partial charge in [0.2, 0.25) is 0 Å². The molecular weight excluding hydrogens is 459 g/mol. The number of amides is 1. The van der Waals surface area contributed by atoms with Crippen molar-refractivity contribution in [1.29, 1.82) is 0 Å². The fraction of sp³-hybridized carbons (Fsp3) is 0.136. The molecule has 0 N–H and O–H groups in total. The first-order valence-electron chi connectivity index (χ1n) is 8.91. The number of halogens is 2. The smallest absolute Gasteiger partial charge is 0.325 e. The number of carbonyl (C=O) groups excluding carboxylic acids is 2. The fourth-order valence-electron chi connectivity index (χ4n) is 2.87. The van der Waals surface area contributed by atoms with Crippen LogP contribution in [0.5, 0.6) is 5.75 Å². The zero-order chi connectivity index (χ0) is 22.5. The van der Waals surface area contributed by atoms with Crippen LogP contribution in [0.25, 0.3) is 6.08 Å². The van der Waals surface area contributed by atoms with E-state index in [-0.39, 0.29) is 24.0 Å². The first kappa shape index (κ1) is 22.6. The molecule has 6 nitrogen and oxygen atoms in total. The van der Waals surface area contributed by atoms with E-state index in [1.54, 1.807) is 48.5 Å². The van der Waals surface area contributed by atoms with E-state index in [9.17, 15) is 9.59 Å². The Morgan fingerprint density at radius 3 is 2.52 bits per heavy atom. The number of terminal acetylenes is 1. The van der Waals surface area contributed by atoms with Crippen molar-refractivity contribution < 1.29 is 19.1 Å². The summed E-state index contributed by atoms with van der Waals surface area (Å²) in [7, 11) is 1.26. The van der Waals surface area contributed by atoms with Gasteiger partial charge in [0, 0.05) is 15.6 Å². The van der Waals surface area contributed by atoms with Gasteiger partial charge in [-0.05, 0) is 60.8 Å². The van der Waals surface area contributed by atoms with E-state index in [2.05, 4.69) is 5.92 Å². The Labute approximate surface area is 194 Å². The third kappa shape index (κ3) is 5.00. The van der Waals surface area contributed by atoms with Gasteiger partial charge < -0.3 is 14.4 Å². The van der Waals surface area contributed by atoms with Gasteiger partial charge in [-0.1, -0.05) is 29.1 Å². The summed E-state index contributed by atoms with van der Waals surface area (Å²) in [5, 5.41) is 1.07. The molecule has 1 amide bonds. The quantitative estimate of drug-likeness (QED) is 0.271. The number of nitrogens with zero attached hydrogens (tertiary/aromatic N) is 2. The maximum absolute atomic E-state index is 13.3. The van der Waals surface area contributed by atoms with Crippen LogP contribution in [0.4, 0.5) is 5.69 Å². The number of anilines is 1. The van der Waals surface area contributed by atoms with Gasteiger partial charge in [0.1, 0.15) is 24.6 Å². The molecule has 0 saturated carbocycles. The van der Waals surface area contributed by atoms with Crippen LogP contribution >= 0.6 is 35.4 Å². The Hall–Kier alpha value is -3.05. The summed E-state index contributed by atoms with van der Waals surface area (Å²) in [5.41, 5.74) is 1.16. The molecule has 0 aromatic heterocycles. The first-order chi connectivity index (χ1) is 14.8. The predicted molar refractivity (Wildman–Crippen MR) is 124 cm³/mol. The molecule has 0 atom stereocenters. The molecule has 31 heavy (non-hydrogen) atoms. The molecule has 0 bridgehead atoms.